The van der Waals surface area contributed by atoms with E-state index in [0.29, 0.717) is 0 Å². The third-order valence-corrected chi connectivity index (χ3v) is 1.66. The third kappa shape index (κ3) is 2.73. The molecule has 0 saturated heterocycles. The van der Waals surface area contributed by atoms with Crippen LogP contribution in [0.5, 0.6) is 5.75 Å². The van der Waals surface area contributed by atoms with Crippen LogP contribution in [0.1, 0.15) is 0 Å². The van der Waals surface area contributed by atoms with Gasteiger partial charge in [-0.2, -0.15) is 0 Å². The lowest BCUT2D eigenvalue weighted by Gasteiger charge is -2.11. The summed E-state index contributed by atoms with van der Waals surface area (Å²) in [7, 11) is 0. The van der Waals surface area contributed by atoms with Crippen molar-refractivity contribution in [1.29, 1.82) is 0 Å². The standard InChI is InChI=1S/C7H6F3NOS/c8-7(9,10)12-4-2-1-3-5(13)6(4)11/h1-3,13H,11H2. The molecule has 0 fully saturated rings. The van der Waals surface area contributed by atoms with Gasteiger partial charge in [-0.05, 0) is 12.1 Å². The molecule has 6 heteroatoms. The van der Waals surface area contributed by atoms with E-state index in [1.807, 2.05) is 0 Å². The Morgan fingerprint density at radius 2 is 1.92 bits per heavy atom. The van der Waals surface area contributed by atoms with E-state index in [4.69, 9.17) is 5.73 Å². The molecule has 0 radical (unpaired) electrons. The molecule has 1 aromatic rings. The summed E-state index contributed by atoms with van der Waals surface area (Å²) in [5.41, 5.74) is 5.17. The van der Waals surface area contributed by atoms with Gasteiger partial charge >= 0.3 is 6.36 Å². The number of halogens is 3. The van der Waals surface area contributed by atoms with Crippen molar-refractivity contribution in [3.63, 3.8) is 0 Å². The molecule has 2 nitrogen and oxygen atoms in total. The maximum absolute atomic E-state index is 11.8. The van der Waals surface area contributed by atoms with Crippen molar-refractivity contribution in [3.8, 4) is 5.75 Å². The van der Waals surface area contributed by atoms with Gasteiger partial charge in [-0.25, -0.2) is 0 Å². The number of anilines is 1. The van der Waals surface area contributed by atoms with Crippen LogP contribution in [0.4, 0.5) is 18.9 Å². The number of benzene rings is 1. The number of thiol groups is 1. The smallest absolute Gasteiger partial charge is 0.404 e. The van der Waals surface area contributed by atoms with E-state index in [9.17, 15) is 13.2 Å². The van der Waals surface area contributed by atoms with E-state index >= 15 is 0 Å². The molecule has 2 N–H and O–H groups in total. The molecule has 0 aromatic heterocycles. The fourth-order valence-electron chi connectivity index (χ4n) is 0.746. The number of para-hydroxylation sites is 1. The molecular formula is C7H6F3NOS. The molecule has 0 aliphatic rings. The van der Waals surface area contributed by atoms with E-state index in [1.54, 1.807) is 0 Å². The average Bonchev–Trinajstić information content (AvgIpc) is 1.96. The van der Waals surface area contributed by atoms with Crippen molar-refractivity contribution in [2.75, 3.05) is 5.73 Å². The van der Waals surface area contributed by atoms with Gasteiger partial charge in [0.1, 0.15) is 0 Å². The first-order valence-corrected chi connectivity index (χ1v) is 3.68. The predicted molar refractivity (Wildman–Crippen MR) is 44.8 cm³/mol. The van der Waals surface area contributed by atoms with E-state index in [1.165, 1.54) is 12.1 Å². The molecule has 0 atom stereocenters. The van der Waals surface area contributed by atoms with Gasteiger partial charge in [-0.3, -0.25) is 0 Å². The van der Waals surface area contributed by atoms with Crippen molar-refractivity contribution < 1.29 is 17.9 Å². The summed E-state index contributed by atoms with van der Waals surface area (Å²) in [6.45, 7) is 0. The number of hydrogen-bond acceptors (Lipinski definition) is 3. The zero-order valence-electron chi connectivity index (χ0n) is 6.30. The van der Waals surface area contributed by atoms with E-state index in [2.05, 4.69) is 17.4 Å². The Kier molecular flexibility index (Phi) is 2.60. The summed E-state index contributed by atoms with van der Waals surface area (Å²) in [4.78, 5) is 0.252. The molecule has 0 heterocycles. The van der Waals surface area contributed by atoms with Gasteiger partial charge in [0.2, 0.25) is 0 Å². The van der Waals surface area contributed by atoms with Gasteiger partial charge < -0.3 is 10.5 Å². The lowest BCUT2D eigenvalue weighted by molar-refractivity contribution is -0.274. The van der Waals surface area contributed by atoms with Gasteiger partial charge in [0.25, 0.3) is 0 Å². The number of nitrogen functional groups attached to an aromatic ring is 1. The minimum absolute atomic E-state index is 0.122. The number of ether oxygens (including phenoxy) is 1. The van der Waals surface area contributed by atoms with Crippen LogP contribution < -0.4 is 10.5 Å². The van der Waals surface area contributed by atoms with Crippen LogP contribution in [0.25, 0.3) is 0 Å². The van der Waals surface area contributed by atoms with Crippen LogP contribution in [0.2, 0.25) is 0 Å². The average molecular weight is 209 g/mol. The second-order valence-corrected chi connectivity index (χ2v) is 2.72. The highest BCUT2D eigenvalue weighted by molar-refractivity contribution is 7.80. The maximum Gasteiger partial charge on any atom is 0.573 e. The van der Waals surface area contributed by atoms with Gasteiger partial charge in [-0.1, -0.05) is 6.07 Å². The highest BCUT2D eigenvalue weighted by Gasteiger charge is 2.32. The lowest BCUT2D eigenvalue weighted by Crippen LogP contribution is -2.18. The molecule has 0 saturated carbocycles. The fourth-order valence-corrected chi connectivity index (χ4v) is 0.942. The number of hydrogen-bond donors (Lipinski definition) is 2. The van der Waals surface area contributed by atoms with Crippen molar-refractivity contribution in [1.82, 2.24) is 0 Å². The van der Waals surface area contributed by atoms with Gasteiger partial charge in [0, 0.05) is 4.90 Å². The van der Waals surface area contributed by atoms with E-state index in [0.717, 1.165) is 6.07 Å². The van der Waals surface area contributed by atoms with Gasteiger partial charge in [0.15, 0.2) is 5.75 Å². The lowest BCUT2D eigenvalue weighted by atomic mass is 10.3. The van der Waals surface area contributed by atoms with Crippen LogP contribution in [-0.4, -0.2) is 6.36 Å². The third-order valence-electron chi connectivity index (χ3n) is 1.27. The summed E-state index contributed by atoms with van der Waals surface area (Å²) < 4.78 is 38.9. The summed E-state index contributed by atoms with van der Waals surface area (Å²) in [5, 5.41) is 0. The van der Waals surface area contributed by atoms with Gasteiger partial charge in [0.05, 0.1) is 5.69 Å². The van der Waals surface area contributed by atoms with Crippen LogP contribution in [-0.2, 0) is 0 Å². The second-order valence-electron chi connectivity index (χ2n) is 2.24. The van der Waals surface area contributed by atoms with Crippen LogP contribution in [0, 0.1) is 0 Å². The number of alkyl halides is 3. The second kappa shape index (κ2) is 3.37. The Labute approximate surface area is 77.9 Å². The SMILES string of the molecule is Nc1c(S)cccc1OC(F)(F)F. The van der Waals surface area contributed by atoms with Crippen molar-refractivity contribution >= 4 is 18.3 Å². The van der Waals surface area contributed by atoms with Gasteiger partial charge in [-0.15, -0.1) is 25.8 Å². The molecule has 0 aliphatic heterocycles. The van der Waals surface area contributed by atoms with Crippen LogP contribution in [0.3, 0.4) is 0 Å². The number of nitrogens with two attached hydrogens (primary N) is 1. The summed E-state index contributed by atoms with van der Waals surface area (Å²) in [5.74, 6) is -0.431. The van der Waals surface area contributed by atoms with Crippen molar-refractivity contribution in [2.24, 2.45) is 0 Å². The van der Waals surface area contributed by atoms with Crippen LogP contribution >= 0.6 is 12.6 Å². The number of rotatable bonds is 1. The molecule has 0 spiro atoms. The minimum Gasteiger partial charge on any atom is -0.404 e. The maximum atomic E-state index is 11.8. The van der Waals surface area contributed by atoms with E-state index in [-0.39, 0.29) is 10.6 Å². The van der Waals surface area contributed by atoms with Crippen LogP contribution in [0.15, 0.2) is 23.1 Å². The molecule has 1 aromatic carbocycles. The molecule has 0 bridgehead atoms. The Hall–Kier alpha value is -1.04. The molecule has 0 aliphatic carbocycles. The molecule has 13 heavy (non-hydrogen) atoms. The fraction of sp³-hybridized carbons (Fsp3) is 0.143. The quantitative estimate of drug-likeness (QED) is 0.550. The summed E-state index contributed by atoms with van der Waals surface area (Å²) >= 11 is 3.84. The monoisotopic (exact) mass is 209 g/mol. The molecule has 72 valence electrons. The zero-order valence-corrected chi connectivity index (χ0v) is 7.19. The Balaban J connectivity index is 2.96. The largest absolute Gasteiger partial charge is 0.573 e. The topological polar surface area (TPSA) is 35.2 Å². The summed E-state index contributed by atoms with van der Waals surface area (Å²) in [6.07, 6.45) is -4.73. The summed E-state index contributed by atoms with van der Waals surface area (Å²) in [6, 6.07) is 3.98. The first-order chi connectivity index (χ1) is 5.90. The molecule has 0 unspecified atom stereocenters. The van der Waals surface area contributed by atoms with E-state index < -0.39 is 12.1 Å². The Morgan fingerprint density at radius 3 is 2.46 bits per heavy atom. The highest BCUT2D eigenvalue weighted by Crippen LogP contribution is 2.31. The minimum atomic E-state index is -4.73. The normalized spacial score (nSPS) is 11.4. The van der Waals surface area contributed by atoms with Crippen molar-refractivity contribution in [2.45, 2.75) is 11.3 Å². The Bertz CT molecular complexity index is 313. The molecular weight excluding hydrogens is 203 g/mol. The first kappa shape index (κ1) is 10.0. The molecule has 0 amide bonds. The first-order valence-electron chi connectivity index (χ1n) is 3.23. The molecule has 1 rings (SSSR count). The zero-order chi connectivity index (χ0) is 10.1. The predicted octanol–water partition coefficient (Wildman–Crippen LogP) is 2.46. The Morgan fingerprint density at radius 1 is 1.31 bits per heavy atom. The highest BCUT2D eigenvalue weighted by atomic mass is 32.1. The van der Waals surface area contributed by atoms with Crippen molar-refractivity contribution in [3.05, 3.63) is 18.2 Å².